The van der Waals surface area contributed by atoms with Gasteiger partial charge in [-0.1, -0.05) is 0 Å². The van der Waals surface area contributed by atoms with Crippen molar-refractivity contribution in [1.82, 2.24) is 0 Å². The number of carbonyl (C=O) groups excluding carboxylic acids is 1. The van der Waals surface area contributed by atoms with Crippen molar-refractivity contribution in [1.29, 1.82) is 0 Å². The Kier molecular flexibility index (Phi) is 4.80. The second kappa shape index (κ2) is 5.95. The van der Waals surface area contributed by atoms with Crippen LogP contribution in [0, 0.1) is 5.92 Å². The van der Waals surface area contributed by atoms with Crippen LogP contribution in [0.1, 0.15) is 19.4 Å². The van der Waals surface area contributed by atoms with Crippen LogP contribution < -0.4 is 4.74 Å². The molecule has 0 fully saturated rings. The number of hydrogen-bond acceptors (Lipinski definition) is 3. The summed E-state index contributed by atoms with van der Waals surface area (Å²) >= 11 is 0. The van der Waals surface area contributed by atoms with Crippen molar-refractivity contribution in [3.8, 4) is 5.75 Å². The first-order valence-electron chi connectivity index (χ1n) is 5.67. The number of rotatable bonds is 4. The summed E-state index contributed by atoms with van der Waals surface area (Å²) < 4.78 is 47.0. The standard InChI is InChI=1S/C13H15F3O3/c1-8(12(17)18-3)9(2)19-11-6-4-10(5-7-11)13(14,15)16/h4-9H,1-3H3. The quantitative estimate of drug-likeness (QED) is 0.792. The van der Waals surface area contributed by atoms with Gasteiger partial charge < -0.3 is 9.47 Å². The topological polar surface area (TPSA) is 35.5 Å². The molecule has 0 aliphatic carbocycles. The number of methoxy groups -OCH3 is 1. The van der Waals surface area contributed by atoms with E-state index >= 15 is 0 Å². The number of carbonyl (C=O) groups is 1. The molecule has 106 valence electrons. The monoisotopic (exact) mass is 276 g/mol. The molecule has 0 aliphatic heterocycles. The van der Waals surface area contributed by atoms with Crippen molar-refractivity contribution >= 4 is 5.97 Å². The molecule has 0 aliphatic rings. The second-order valence-corrected chi connectivity index (χ2v) is 4.16. The summed E-state index contributed by atoms with van der Waals surface area (Å²) in [5.74, 6) is -0.664. The highest BCUT2D eigenvalue weighted by molar-refractivity contribution is 5.72. The molecule has 0 aromatic heterocycles. The molecule has 0 bridgehead atoms. The lowest BCUT2D eigenvalue weighted by molar-refractivity contribution is -0.147. The molecule has 1 aromatic carbocycles. The van der Waals surface area contributed by atoms with E-state index < -0.39 is 29.7 Å². The van der Waals surface area contributed by atoms with Gasteiger partial charge in [-0.05, 0) is 38.1 Å². The Morgan fingerprint density at radius 1 is 1.16 bits per heavy atom. The van der Waals surface area contributed by atoms with Crippen LogP contribution in [0.2, 0.25) is 0 Å². The lowest BCUT2D eigenvalue weighted by atomic mass is 10.1. The zero-order valence-corrected chi connectivity index (χ0v) is 10.8. The van der Waals surface area contributed by atoms with Gasteiger partial charge in [0, 0.05) is 0 Å². The van der Waals surface area contributed by atoms with E-state index in [-0.39, 0.29) is 5.75 Å². The average Bonchev–Trinajstić information content (AvgIpc) is 2.36. The van der Waals surface area contributed by atoms with Crippen LogP contribution >= 0.6 is 0 Å². The maximum atomic E-state index is 12.4. The van der Waals surface area contributed by atoms with E-state index in [4.69, 9.17) is 4.74 Å². The van der Waals surface area contributed by atoms with Crippen LogP contribution in [-0.4, -0.2) is 19.2 Å². The summed E-state index contributed by atoms with van der Waals surface area (Å²) in [6.07, 6.45) is -4.87. The maximum Gasteiger partial charge on any atom is 0.416 e. The minimum absolute atomic E-state index is 0.274. The van der Waals surface area contributed by atoms with E-state index in [1.54, 1.807) is 13.8 Å². The van der Waals surface area contributed by atoms with Gasteiger partial charge in [0.05, 0.1) is 18.6 Å². The molecule has 6 heteroatoms. The smallest absolute Gasteiger partial charge is 0.416 e. The summed E-state index contributed by atoms with van der Waals surface area (Å²) in [5.41, 5.74) is -0.742. The van der Waals surface area contributed by atoms with Crippen molar-refractivity contribution in [3.05, 3.63) is 29.8 Å². The van der Waals surface area contributed by atoms with Gasteiger partial charge in [0.2, 0.25) is 0 Å². The SMILES string of the molecule is COC(=O)C(C)C(C)Oc1ccc(C(F)(F)F)cc1. The van der Waals surface area contributed by atoms with Crippen LogP contribution in [0.3, 0.4) is 0 Å². The Morgan fingerprint density at radius 3 is 2.11 bits per heavy atom. The highest BCUT2D eigenvalue weighted by Gasteiger charge is 2.30. The number of hydrogen-bond donors (Lipinski definition) is 0. The molecular formula is C13H15F3O3. The van der Waals surface area contributed by atoms with Crippen LogP contribution in [0.4, 0.5) is 13.2 Å². The molecule has 0 heterocycles. The van der Waals surface area contributed by atoms with Crippen LogP contribution in [0.5, 0.6) is 5.75 Å². The third kappa shape index (κ3) is 4.15. The number of halogens is 3. The molecule has 1 aromatic rings. The van der Waals surface area contributed by atoms with Crippen molar-refractivity contribution in [2.75, 3.05) is 7.11 Å². The molecule has 0 radical (unpaired) electrons. The lowest BCUT2D eigenvalue weighted by Crippen LogP contribution is -2.29. The zero-order chi connectivity index (χ0) is 14.6. The van der Waals surface area contributed by atoms with Gasteiger partial charge in [-0.2, -0.15) is 13.2 Å². The zero-order valence-electron chi connectivity index (χ0n) is 10.8. The average molecular weight is 276 g/mol. The Labute approximate surface area is 109 Å². The largest absolute Gasteiger partial charge is 0.490 e. The van der Waals surface area contributed by atoms with E-state index in [2.05, 4.69) is 4.74 Å². The Balaban J connectivity index is 2.70. The molecule has 0 N–H and O–H groups in total. The van der Waals surface area contributed by atoms with E-state index in [0.717, 1.165) is 12.1 Å². The fraction of sp³-hybridized carbons (Fsp3) is 0.462. The van der Waals surface area contributed by atoms with Gasteiger partial charge in [0.25, 0.3) is 0 Å². The van der Waals surface area contributed by atoms with Crippen LogP contribution in [0.15, 0.2) is 24.3 Å². The molecular weight excluding hydrogens is 261 g/mol. The molecule has 3 nitrogen and oxygen atoms in total. The summed E-state index contributed by atoms with van der Waals surface area (Å²) in [6, 6.07) is 4.32. The van der Waals surface area contributed by atoms with Crippen molar-refractivity contribution in [2.45, 2.75) is 26.1 Å². The Hall–Kier alpha value is -1.72. The van der Waals surface area contributed by atoms with Gasteiger partial charge in [-0.3, -0.25) is 4.79 Å². The second-order valence-electron chi connectivity index (χ2n) is 4.16. The highest BCUT2D eigenvalue weighted by atomic mass is 19.4. The van der Waals surface area contributed by atoms with Gasteiger partial charge in [0.15, 0.2) is 0 Å². The number of benzene rings is 1. The summed E-state index contributed by atoms with van der Waals surface area (Å²) in [4.78, 5) is 11.3. The molecule has 0 saturated carbocycles. The molecule has 1 rings (SSSR count). The Morgan fingerprint density at radius 2 is 1.68 bits per heavy atom. The number of esters is 1. The number of ether oxygens (including phenoxy) is 2. The minimum atomic E-state index is -4.37. The first-order chi connectivity index (χ1) is 8.75. The number of alkyl halides is 3. The fourth-order valence-electron chi connectivity index (χ4n) is 1.42. The van der Waals surface area contributed by atoms with Crippen LogP contribution in [-0.2, 0) is 15.7 Å². The first-order valence-corrected chi connectivity index (χ1v) is 5.67. The summed E-state index contributed by atoms with van der Waals surface area (Å²) in [7, 11) is 1.27. The van der Waals surface area contributed by atoms with E-state index in [0.29, 0.717) is 0 Å². The van der Waals surface area contributed by atoms with Gasteiger partial charge in [-0.15, -0.1) is 0 Å². The summed E-state index contributed by atoms with van der Waals surface area (Å²) in [5, 5.41) is 0. The molecule has 0 amide bonds. The molecule has 2 unspecified atom stereocenters. The predicted molar refractivity (Wildman–Crippen MR) is 62.7 cm³/mol. The first kappa shape index (κ1) is 15.3. The van der Waals surface area contributed by atoms with Crippen molar-refractivity contribution < 1.29 is 27.4 Å². The Bertz CT molecular complexity index is 426. The third-order valence-electron chi connectivity index (χ3n) is 2.78. The highest BCUT2D eigenvalue weighted by Crippen LogP contribution is 2.30. The van der Waals surface area contributed by atoms with Gasteiger partial charge in [-0.25, -0.2) is 0 Å². The van der Waals surface area contributed by atoms with Gasteiger partial charge >= 0.3 is 12.1 Å². The van der Waals surface area contributed by atoms with E-state index in [1.165, 1.54) is 19.2 Å². The van der Waals surface area contributed by atoms with Crippen molar-refractivity contribution in [2.24, 2.45) is 5.92 Å². The van der Waals surface area contributed by atoms with Gasteiger partial charge in [0.1, 0.15) is 11.9 Å². The predicted octanol–water partition coefficient (Wildman–Crippen LogP) is 3.28. The molecule has 0 spiro atoms. The summed E-state index contributed by atoms with van der Waals surface area (Å²) in [6.45, 7) is 3.28. The van der Waals surface area contributed by atoms with Crippen molar-refractivity contribution in [3.63, 3.8) is 0 Å². The van der Waals surface area contributed by atoms with E-state index in [9.17, 15) is 18.0 Å². The molecule has 0 saturated heterocycles. The minimum Gasteiger partial charge on any atom is -0.490 e. The maximum absolute atomic E-state index is 12.4. The van der Waals surface area contributed by atoms with Crippen LogP contribution in [0.25, 0.3) is 0 Å². The third-order valence-corrected chi connectivity index (χ3v) is 2.78. The lowest BCUT2D eigenvalue weighted by Gasteiger charge is -2.19. The fourth-order valence-corrected chi connectivity index (χ4v) is 1.42. The normalized spacial score (nSPS) is 14.6. The molecule has 19 heavy (non-hydrogen) atoms. The van der Waals surface area contributed by atoms with E-state index in [1.807, 2.05) is 0 Å². The molecule has 2 atom stereocenters.